The number of ether oxygens (including phenoxy) is 2. The van der Waals surface area contributed by atoms with E-state index in [2.05, 4.69) is 4.98 Å². The molecule has 0 aliphatic carbocycles. The van der Waals surface area contributed by atoms with Gasteiger partial charge in [0.15, 0.2) is 12.4 Å². The summed E-state index contributed by atoms with van der Waals surface area (Å²) in [5.74, 6) is 1.01. The van der Waals surface area contributed by atoms with Crippen LogP contribution in [0.1, 0.15) is 32.7 Å². The second kappa shape index (κ2) is 9.43. The lowest BCUT2D eigenvalue weighted by Gasteiger charge is -2.10. The molecule has 5 nitrogen and oxygen atoms in total. The Morgan fingerprint density at radius 1 is 0.875 bits per heavy atom. The fourth-order valence-corrected chi connectivity index (χ4v) is 3.23. The Hall–Kier alpha value is -3.99. The van der Waals surface area contributed by atoms with Gasteiger partial charge in [-0.05, 0) is 66.9 Å². The van der Waals surface area contributed by atoms with Crippen molar-refractivity contribution in [3.8, 4) is 11.6 Å². The minimum atomic E-state index is -0.112. The second-order valence-electron chi connectivity index (χ2n) is 7.52. The van der Waals surface area contributed by atoms with Crippen LogP contribution in [-0.4, -0.2) is 29.5 Å². The molecule has 0 saturated heterocycles. The van der Waals surface area contributed by atoms with Crippen molar-refractivity contribution in [2.45, 2.75) is 13.8 Å². The number of aryl methyl sites for hydroxylation is 2. The quantitative estimate of drug-likeness (QED) is 0.357. The van der Waals surface area contributed by atoms with Gasteiger partial charge in [-0.3, -0.25) is 4.79 Å². The molecule has 4 rings (SSSR count). The van der Waals surface area contributed by atoms with Crippen molar-refractivity contribution >= 4 is 29.0 Å². The van der Waals surface area contributed by atoms with Crippen molar-refractivity contribution < 1.29 is 14.3 Å². The summed E-state index contributed by atoms with van der Waals surface area (Å²) in [4.78, 5) is 22.0. The van der Waals surface area contributed by atoms with Gasteiger partial charge in [0.2, 0.25) is 5.88 Å². The smallest absolute Gasteiger partial charge is 0.241 e. The third-order valence-corrected chi connectivity index (χ3v) is 5.28. The maximum Gasteiger partial charge on any atom is 0.241 e. The van der Waals surface area contributed by atoms with Crippen LogP contribution in [0.3, 0.4) is 0 Å². The first-order valence-corrected chi connectivity index (χ1v) is 10.4. The van der Waals surface area contributed by atoms with Crippen LogP contribution >= 0.6 is 0 Å². The minimum absolute atomic E-state index is 0.104. The highest BCUT2D eigenvalue weighted by atomic mass is 16.5. The maximum absolute atomic E-state index is 12.7. The molecule has 160 valence electrons. The van der Waals surface area contributed by atoms with E-state index >= 15 is 0 Å². The second-order valence-corrected chi connectivity index (χ2v) is 7.52. The van der Waals surface area contributed by atoms with Crippen LogP contribution < -0.4 is 9.47 Å². The predicted molar refractivity (Wildman–Crippen MR) is 127 cm³/mol. The van der Waals surface area contributed by atoms with Gasteiger partial charge < -0.3 is 9.47 Å². The summed E-state index contributed by atoms with van der Waals surface area (Å²) in [5.41, 5.74) is 5.86. The molecule has 0 bridgehead atoms. The first-order chi connectivity index (χ1) is 15.5. The van der Waals surface area contributed by atoms with Gasteiger partial charge in [-0.25, -0.2) is 9.97 Å². The molecule has 32 heavy (non-hydrogen) atoms. The van der Waals surface area contributed by atoms with Gasteiger partial charge in [0, 0.05) is 5.56 Å². The fraction of sp³-hybridized carbons (Fsp3) is 0.148. The molecular formula is C27H24N2O3. The Kier molecular flexibility index (Phi) is 6.26. The third kappa shape index (κ3) is 4.83. The zero-order valence-electron chi connectivity index (χ0n) is 18.3. The summed E-state index contributed by atoms with van der Waals surface area (Å²) < 4.78 is 11.1. The van der Waals surface area contributed by atoms with Crippen LogP contribution in [0.4, 0.5) is 0 Å². The average molecular weight is 425 g/mol. The summed E-state index contributed by atoms with van der Waals surface area (Å²) in [6.45, 7) is 3.90. The van der Waals surface area contributed by atoms with Gasteiger partial charge in [-0.2, -0.15) is 0 Å². The number of hydrogen-bond acceptors (Lipinski definition) is 5. The van der Waals surface area contributed by atoms with Gasteiger partial charge in [-0.15, -0.1) is 0 Å². The number of hydrogen-bond donors (Lipinski definition) is 0. The lowest BCUT2D eigenvalue weighted by atomic mass is 10.0. The zero-order chi connectivity index (χ0) is 22.5. The Balaban J connectivity index is 1.60. The predicted octanol–water partition coefficient (Wildman–Crippen LogP) is 5.69. The summed E-state index contributed by atoms with van der Waals surface area (Å²) >= 11 is 0. The first kappa shape index (κ1) is 21.2. The molecule has 0 aliphatic rings. The number of ketones is 1. The van der Waals surface area contributed by atoms with Crippen molar-refractivity contribution in [1.29, 1.82) is 0 Å². The van der Waals surface area contributed by atoms with Crippen molar-refractivity contribution in [1.82, 2.24) is 9.97 Å². The average Bonchev–Trinajstić information content (AvgIpc) is 2.82. The number of methoxy groups -OCH3 is 1. The van der Waals surface area contributed by atoms with Crippen LogP contribution in [0.5, 0.6) is 11.6 Å². The largest absolute Gasteiger partial charge is 0.497 e. The zero-order valence-corrected chi connectivity index (χ0v) is 18.3. The Bertz CT molecular complexity index is 1290. The first-order valence-electron chi connectivity index (χ1n) is 10.4. The van der Waals surface area contributed by atoms with E-state index < -0.39 is 0 Å². The number of aromatic nitrogens is 2. The molecule has 0 spiro atoms. The van der Waals surface area contributed by atoms with Crippen LogP contribution in [0.25, 0.3) is 23.2 Å². The molecule has 0 unspecified atom stereocenters. The summed E-state index contributed by atoms with van der Waals surface area (Å²) in [7, 11) is 1.64. The van der Waals surface area contributed by atoms with E-state index in [4.69, 9.17) is 14.5 Å². The molecule has 0 atom stereocenters. The van der Waals surface area contributed by atoms with Crippen LogP contribution in [0, 0.1) is 13.8 Å². The summed E-state index contributed by atoms with van der Waals surface area (Å²) in [6, 6.07) is 20.9. The molecule has 0 amide bonds. The molecule has 1 heterocycles. The molecule has 0 saturated carbocycles. The lowest BCUT2D eigenvalue weighted by Crippen LogP contribution is -2.13. The molecule has 0 aliphatic heterocycles. The summed E-state index contributed by atoms with van der Waals surface area (Å²) in [6.07, 6.45) is 3.77. The Labute approximate surface area is 187 Å². The topological polar surface area (TPSA) is 61.3 Å². The number of nitrogens with zero attached hydrogens (tertiary/aromatic N) is 2. The van der Waals surface area contributed by atoms with Crippen LogP contribution in [0.15, 0.2) is 66.7 Å². The van der Waals surface area contributed by atoms with Gasteiger partial charge in [-0.1, -0.05) is 42.5 Å². The molecule has 0 fully saturated rings. The number of carbonyl (C=O) groups excluding carboxylic acids is 1. The molecule has 0 N–H and O–H groups in total. The Morgan fingerprint density at radius 2 is 1.59 bits per heavy atom. The highest BCUT2D eigenvalue weighted by Crippen LogP contribution is 2.22. The van der Waals surface area contributed by atoms with Crippen LogP contribution in [-0.2, 0) is 0 Å². The number of para-hydroxylation sites is 2. The Morgan fingerprint density at radius 3 is 2.28 bits per heavy atom. The fourth-order valence-electron chi connectivity index (χ4n) is 3.23. The van der Waals surface area contributed by atoms with E-state index in [1.807, 2.05) is 92.7 Å². The van der Waals surface area contributed by atoms with Crippen molar-refractivity contribution in [3.63, 3.8) is 0 Å². The molecule has 4 aromatic rings. The minimum Gasteiger partial charge on any atom is -0.497 e. The maximum atomic E-state index is 12.7. The molecule has 3 aromatic carbocycles. The highest BCUT2D eigenvalue weighted by Gasteiger charge is 2.12. The standard InChI is InChI=1S/C27H24N2O3/c1-18-8-12-21(16-19(18)2)26(30)17-32-27-25(28-23-6-4-5-7-24(23)29-27)15-11-20-9-13-22(31-3)14-10-20/h4-16H,17H2,1-3H3. The third-order valence-electron chi connectivity index (χ3n) is 5.28. The van der Waals surface area contributed by atoms with Gasteiger partial charge in [0.25, 0.3) is 0 Å². The normalized spacial score (nSPS) is 11.1. The van der Waals surface area contributed by atoms with Gasteiger partial charge >= 0.3 is 0 Å². The molecule has 1 aromatic heterocycles. The van der Waals surface area contributed by atoms with Crippen molar-refractivity contribution in [3.05, 3.63) is 94.7 Å². The van der Waals surface area contributed by atoms with E-state index in [0.29, 0.717) is 22.7 Å². The van der Waals surface area contributed by atoms with Crippen molar-refractivity contribution in [2.75, 3.05) is 13.7 Å². The van der Waals surface area contributed by atoms with E-state index in [-0.39, 0.29) is 12.4 Å². The number of fused-ring (bicyclic) bond motifs is 1. The number of rotatable bonds is 7. The van der Waals surface area contributed by atoms with Crippen molar-refractivity contribution in [2.24, 2.45) is 0 Å². The molecule has 5 heteroatoms. The van der Waals surface area contributed by atoms with Gasteiger partial charge in [0.1, 0.15) is 11.4 Å². The van der Waals surface area contributed by atoms with E-state index in [0.717, 1.165) is 28.0 Å². The summed E-state index contributed by atoms with van der Waals surface area (Å²) in [5, 5.41) is 0. The van der Waals surface area contributed by atoms with Gasteiger partial charge in [0.05, 0.1) is 18.1 Å². The molecule has 0 radical (unpaired) electrons. The van der Waals surface area contributed by atoms with E-state index in [9.17, 15) is 4.79 Å². The number of benzene rings is 3. The highest BCUT2D eigenvalue weighted by molar-refractivity contribution is 5.97. The molecular weight excluding hydrogens is 400 g/mol. The van der Waals surface area contributed by atoms with Crippen LogP contribution in [0.2, 0.25) is 0 Å². The SMILES string of the molecule is COc1ccc(C=Cc2nc3ccccc3nc2OCC(=O)c2ccc(C)c(C)c2)cc1. The van der Waals surface area contributed by atoms with E-state index in [1.165, 1.54) is 0 Å². The number of Topliss-reactive ketones (excluding diaryl/α,β-unsaturated/α-hetero) is 1. The monoisotopic (exact) mass is 424 g/mol. The van der Waals surface area contributed by atoms with E-state index in [1.54, 1.807) is 7.11 Å². The lowest BCUT2D eigenvalue weighted by molar-refractivity contribution is 0.0918. The number of carbonyl (C=O) groups is 1.